The highest BCUT2D eigenvalue weighted by Crippen LogP contribution is 2.39. The van der Waals surface area contributed by atoms with E-state index >= 15 is 0 Å². The van der Waals surface area contributed by atoms with E-state index in [9.17, 15) is 0 Å². The largest absolute Gasteiger partial charge is 0.383 e. The maximum absolute atomic E-state index is 5.65. The predicted molar refractivity (Wildman–Crippen MR) is 108 cm³/mol. The van der Waals surface area contributed by atoms with Crippen LogP contribution >= 0.6 is 12.2 Å². The Labute approximate surface area is 163 Å². The summed E-state index contributed by atoms with van der Waals surface area (Å²) in [5, 5.41) is 4.18. The molecule has 138 valence electrons. The highest BCUT2D eigenvalue weighted by molar-refractivity contribution is 7.80. The lowest BCUT2D eigenvalue weighted by Gasteiger charge is -2.28. The zero-order valence-corrected chi connectivity index (χ0v) is 15.8. The van der Waals surface area contributed by atoms with Crippen molar-refractivity contribution in [1.82, 2.24) is 24.8 Å². The first kappa shape index (κ1) is 17.6. The standard InChI is InChI=1S/C20H21N5OS/c1-26-14-13-25-19(18(23-20(25)27)16-5-2-3-9-22-16)17-6-4-12-24(17)15-7-10-21-11-8-15/h2-12,18-19H,13-14H2,1H3,(H,23,27)/t18-,19-/m0/s1. The van der Waals surface area contributed by atoms with Crippen LogP contribution in [0.5, 0.6) is 0 Å². The van der Waals surface area contributed by atoms with E-state index in [1.807, 2.05) is 36.5 Å². The van der Waals surface area contributed by atoms with Gasteiger partial charge in [-0.3, -0.25) is 9.97 Å². The van der Waals surface area contributed by atoms with Gasteiger partial charge in [-0.15, -0.1) is 0 Å². The van der Waals surface area contributed by atoms with Crippen LogP contribution in [0.15, 0.2) is 67.3 Å². The summed E-state index contributed by atoms with van der Waals surface area (Å²) in [6.07, 6.45) is 7.48. The molecule has 27 heavy (non-hydrogen) atoms. The monoisotopic (exact) mass is 379 g/mol. The Morgan fingerprint density at radius 2 is 1.96 bits per heavy atom. The van der Waals surface area contributed by atoms with Crippen LogP contribution in [0.4, 0.5) is 0 Å². The molecule has 4 rings (SSSR count). The van der Waals surface area contributed by atoms with E-state index in [0.717, 1.165) is 22.2 Å². The molecule has 0 aromatic carbocycles. The average Bonchev–Trinajstić information content (AvgIpc) is 3.32. The van der Waals surface area contributed by atoms with E-state index in [1.54, 1.807) is 19.5 Å². The number of hydrogen-bond acceptors (Lipinski definition) is 4. The SMILES string of the molecule is COCCN1C(=S)N[C@@H](c2ccccn2)[C@@H]1c1cccn1-c1ccncc1. The molecule has 2 atom stereocenters. The minimum Gasteiger partial charge on any atom is -0.383 e. The molecule has 0 radical (unpaired) electrons. The molecule has 7 heteroatoms. The van der Waals surface area contributed by atoms with Crippen molar-refractivity contribution in [2.24, 2.45) is 0 Å². The first-order chi connectivity index (χ1) is 13.3. The van der Waals surface area contributed by atoms with Gasteiger partial charge in [-0.05, 0) is 48.6 Å². The summed E-state index contributed by atoms with van der Waals surface area (Å²) in [5.41, 5.74) is 3.17. The van der Waals surface area contributed by atoms with Gasteiger partial charge in [-0.25, -0.2) is 0 Å². The second-order valence-electron chi connectivity index (χ2n) is 6.32. The fourth-order valence-corrected chi connectivity index (χ4v) is 3.86. The molecule has 1 fully saturated rings. The zero-order valence-electron chi connectivity index (χ0n) is 15.0. The quantitative estimate of drug-likeness (QED) is 0.665. The first-order valence-corrected chi connectivity index (χ1v) is 9.25. The molecule has 0 spiro atoms. The van der Waals surface area contributed by atoms with Crippen molar-refractivity contribution >= 4 is 17.3 Å². The Morgan fingerprint density at radius 3 is 2.70 bits per heavy atom. The Kier molecular flexibility index (Phi) is 5.13. The van der Waals surface area contributed by atoms with Crippen LogP contribution < -0.4 is 5.32 Å². The number of pyridine rings is 2. The second kappa shape index (κ2) is 7.85. The second-order valence-corrected chi connectivity index (χ2v) is 6.71. The molecule has 3 aromatic heterocycles. The fraction of sp³-hybridized carbons (Fsp3) is 0.250. The van der Waals surface area contributed by atoms with Crippen molar-refractivity contribution in [3.8, 4) is 5.69 Å². The van der Waals surface area contributed by atoms with Crippen molar-refractivity contribution < 1.29 is 4.74 Å². The van der Waals surface area contributed by atoms with Crippen molar-refractivity contribution in [3.05, 3.63) is 78.6 Å². The summed E-state index contributed by atoms with van der Waals surface area (Å²) < 4.78 is 7.49. The molecule has 4 heterocycles. The average molecular weight is 379 g/mol. The highest BCUT2D eigenvalue weighted by Gasteiger charge is 2.40. The van der Waals surface area contributed by atoms with Crippen LogP contribution in [-0.2, 0) is 4.74 Å². The maximum Gasteiger partial charge on any atom is 0.170 e. The molecule has 0 unspecified atom stereocenters. The van der Waals surface area contributed by atoms with Crippen LogP contribution in [-0.4, -0.2) is 44.8 Å². The highest BCUT2D eigenvalue weighted by atomic mass is 32.1. The van der Waals surface area contributed by atoms with Gasteiger partial charge in [0.05, 0.1) is 24.4 Å². The third-order valence-corrected chi connectivity index (χ3v) is 5.11. The number of nitrogens with one attached hydrogen (secondary N) is 1. The van der Waals surface area contributed by atoms with Crippen LogP contribution in [0, 0.1) is 0 Å². The van der Waals surface area contributed by atoms with Crippen molar-refractivity contribution in [1.29, 1.82) is 0 Å². The molecule has 1 aliphatic rings. The fourth-order valence-electron chi connectivity index (χ4n) is 3.53. The first-order valence-electron chi connectivity index (χ1n) is 8.84. The van der Waals surface area contributed by atoms with Crippen LogP contribution in [0.25, 0.3) is 5.69 Å². The van der Waals surface area contributed by atoms with E-state index in [1.165, 1.54) is 0 Å². The summed E-state index contributed by atoms with van der Waals surface area (Å²) in [4.78, 5) is 10.9. The van der Waals surface area contributed by atoms with Crippen LogP contribution in [0.3, 0.4) is 0 Å². The number of rotatable bonds is 6. The number of ether oxygens (including phenoxy) is 1. The molecule has 1 saturated heterocycles. The molecule has 6 nitrogen and oxygen atoms in total. The predicted octanol–water partition coefficient (Wildman–Crippen LogP) is 2.89. The van der Waals surface area contributed by atoms with Gasteiger partial charge in [0.2, 0.25) is 0 Å². The molecule has 0 bridgehead atoms. The van der Waals surface area contributed by atoms with Crippen LogP contribution in [0.2, 0.25) is 0 Å². The van der Waals surface area contributed by atoms with Gasteiger partial charge >= 0.3 is 0 Å². The topological polar surface area (TPSA) is 55.2 Å². The molecule has 0 saturated carbocycles. The lowest BCUT2D eigenvalue weighted by molar-refractivity contribution is 0.163. The van der Waals surface area contributed by atoms with Gasteiger partial charge in [0.15, 0.2) is 5.11 Å². The molecule has 1 aliphatic heterocycles. The Morgan fingerprint density at radius 1 is 1.11 bits per heavy atom. The molecule has 1 N–H and O–H groups in total. The smallest absolute Gasteiger partial charge is 0.170 e. The van der Waals surface area contributed by atoms with Crippen LogP contribution in [0.1, 0.15) is 23.5 Å². The van der Waals surface area contributed by atoms with Crippen molar-refractivity contribution in [2.45, 2.75) is 12.1 Å². The third-order valence-electron chi connectivity index (χ3n) is 4.76. The molecule has 0 aliphatic carbocycles. The number of thiocarbonyl (C=S) groups is 1. The van der Waals surface area contributed by atoms with E-state index in [4.69, 9.17) is 17.0 Å². The minimum atomic E-state index is -0.0361. The van der Waals surface area contributed by atoms with E-state index < -0.39 is 0 Å². The van der Waals surface area contributed by atoms with E-state index in [2.05, 4.69) is 43.1 Å². The number of nitrogens with zero attached hydrogens (tertiary/aromatic N) is 4. The summed E-state index contributed by atoms with van der Waals surface area (Å²) in [6.45, 7) is 1.31. The number of methoxy groups -OCH3 is 1. The van der Waals surface area contributed by atoms with Gasteiger partial charge < -0.3 is 19.5 Å². The summed E-state index contributed by atoms with van der Waals surface area (Å²) in [7, 11) is 1.71. The maximum atomic E-state index is 5.65. The van der Waals surface area contributed by atoms with Gasteiger partial charge in [0.25, 0.3) is 0 Å². The van der Waals surface area contributed by atoms with Gasteiger partial charge in [0.1, 0.15) is 0 Å². The Hall–Kier alpha value is -2.77. The lowest BCUT2D eigenvalue weighted by Crippen LogP contribution is -2.33. The summed E-state index contributed by atoms with van der Waals surface area (Å²) in [5.74, 6) is 0. The normalized spacial score (nSPS) is 19.3. The number of aromatic nitrogens is 3. The molecular weight excluding hydrogens is 358 g/mol. The van der Waals surface area contributed by atoms with Gasteiger partial charge in [-0.2, -0.15) is 0 Å². The molecular formula is C20H21N5OS. The van der Waals surface area contributed by atoms with E-state index in [-0.39, 0.29) is 12.1 Å². The lowest BCUT2D eigenvalue weighted by atomic mass is 10.0. The Balaban J connectivity index is 1.78. The van der Waals surface area contributed by atoms with E-state index in [0.29, 0.717) is 13.2 Å². The summed E-state index contributed by atoms with van der Waals surface area (Å²) in [6, 6.07) is 14.1. The number of hydrogen-bond donors (Lipinski definition) is 1. The van der Waals surface area contributed by atoms with Gasteiger partial charge in [-0.1, -0.05) is 6.07 Å². The molecule has 3 aromatic rings. The minimum absolute atomic E-state index is 0.00529. The zero-order chi connectivity index (χ0) is 18.6. The van der Waals surface area contributed by atoms with Gasteiger partial charge in [0, 0.05) is 49.8 Å². The molecule has 0 amide bonds. The Bertz CT molecular complexity index is 899. The summed E-state index contributed by atoms with van der Waals surface area (Å²) >= 11 is 5.65. The van der Waals surface area contributed by atoms with Crippen molar-refractivity contribution in [3.63, 3.8) is 0 Å². The third kappa shape index (κ3) is 3.43. The van der Waals surface area contributed by atoms with Crippen molar-refractivity contribution in [2.75, 3.05) is 20.3 Å².